The molecule has 1 aromatic rings. The van der Waals surface area contributed by atoms with E-state index in [2.05, 4.69) is 9.98 Å². The van der Waals surface area contributed by atoms with Gasteiger partial charge in [-0.25, -0.2) is 0 Å². The zero-order valence-electron chi connectivity index (χ0n) is 6.03. The third-order valence-corrected chi connectivity index (χ3v) is 2.16. The summed E-state index contributed by atoms with van der Waals surface area (Å²) in [6, 6.07) is 8.00. The average Bonchev–Trinajstić information content (AvgIpc) is 2.28. The first-order valence-corrected chi connectivity index (χ1v) is 4.64. The van der Waals surface area contributed by atoms with E-state index in [9.17, 15) is 0 Å². The van der Waals surface area contributed by atoms with Crippen molar-refractivity contribution in [3.63, 3.8) is 0 Å². The highest BCUT2D eigenvalue weighted by molar-refractivity contribution is 7.99. The van der Waals surface area contributed by atoms with Gasteiger partial charge in [0.25, 0.3) is 0 Å². The Morgan fingerprint density at radius 3 is 2.09 bits per heavy atom. The van der Waals surface area contributed by atoms with E-state index in [1.54, 1.807) is 11.8 Å². The molecule has 2 rings (SSSR count). The van der Waals surface area contributed by atoms with E-state index in [1.807, 2.05) is 24.3 Å². The minimum Gasteiger partial charge on any atom is -0.272 e. The van der Waals surface area contributed by atoms with Gasteiger partial charge in [0.1, 0.15) is 0 Å². The van der Waals surface area contributed by atoms with E-state index >= 15 is 0 Å². The zero-order chi connectivity index (χ0) is 7.52. The lowest BCUT2D eigenvalue weighted by atomic mass is 10.3. The molecular weight excluding hydrogens is 156 g/mol. The summed E-state index contributed by atoms with van der Waals surface area (Å²) in [4.78, 5) is 8.71. The van der Waals surface area contributed by atoms with Crippen molar-refractivity contribution in [3.05, 3.63) is 35.0 Å². The Bertz CT molecular complexity index is 324. The molecule has 11 heavy (non-hydrogen) atoms. The molecule has 0 radical (unpaired) electrons. The van der Waals surface area contributed by atoms with E-state index in [4.69, 9.17) is 0 Å². The first kappa shape index (κ1) is 6.85. The SMILES string of the molecule is c1ccc2c(c1)=NCSCN=2. The number of hydrogen-bond acceptors (Lipinski definition) is 3. The molecule has 0 atom stereocenters. The summed E-state index contributed by atoms with van der Waals surface area (Å²) < 4.78 is 0. The van der Waals surface area contributed by atoms with Gasteiger partial charge < -0.3 is 0 Å². The molecule has 0 saturated carbocycles. The van der Waals surface area contributed by atoms with Crippen molar-refractivity contribution in [2.45, 2.75) is 0 Å². The molecule has 0 amide bonds. The minimum absolute atomic E-state index is 0.834. The summed E-state index contributed by atoms with van der Waals surface area (Å²) in [5, 5.41) is 2.05. The lowest BCUT2D eigenvalue weighted by Gasteiger charge is -1.83. The monoisotopic (exact) mass is 164 g/mol. The third kappa shape index (κ3) is 1.43. The standard InChI is InChI=1S/C8H8N2S/c1-2-4-8-7(3-1)9-5-11-6-10-8/h1-4H,5-6H2. The van der Waals surface area contributed by atoms with E-state index in [0.29, 0.717) is 0 Å². The predicted octanol–water partition coefficient (Wildman–Crippen LogP) is 0.588. The molecule has 56 valence electrons. The summed E-state index contributed by atoms with van der Waals surface area (Å²) in [7, 11) is 0. The van der Waals surface area contributed by atoms with Crippen LogP contribution >= 0.6 is 11.8 Å². The van der Waals surface area contributed by atoms with Crippen LogP contribution in [0.25, 0.3) is 0 Å². The van der Waals surface area contributed by atoms with Crippen LogP contribution in [-0.2, 0) is 0 Å². The Morgan fingerprint density at radius 2 is 1.55 bits per heavy atom. The Labute approximate surface area is 69.1 Å². The Kier molecular flexibility index (Phi) is 1.90. The lowest BCUT2D eigenvalue weighted by Crippen LogP contribution is -2.23. The highest BCUT2D eigenvalue weighted by Crippen LogP contribution is 1.99. The van der Waals surface area contributed by atoms with Gasteiger partial charge in [-0.05, 0) is 12.1 Å². The van der Waals surface area contributed by atoms with Crippen molar-refractivity contribution in [1.29, 1.82) is 0 Å². The fourth-order valence-corrected chi connectivity index (χ4v) is 1.55. The Hall–Kier alpha value is -0.830. The maximum Gasteiger partial charge on any atom is 0.0870 e. The average molecular weight is 164 g/mol. The van der Waals surface area contributed by atoms with Crippen LogP contribution in [0.1, 0.15) is 0 Å². The molecule has 2 nitrogen and oxygen atoms in total. The van der Waals surface area contributed by atoms with Gasteiger partial charge in [-0.1, -0.05) is 12.1 Å². The minimum atomic E-state index is 0.834. The largest absolute Gasteiger partial charge is 0.272 e. The second kappa shape index (κ2) is 3.05. The number of para-hydroxylation sites is 2. The van der Waals surface area contributed by atoms with Gasteiger partial charge in [-0.2, -0.15) is 0 Å². The molecule has 0 bridgehead atoms. The van der Waals surface area contributed by atoms with Crippen molar-refractivity contribution in [1.82, 2.24) is 0 Å². The smallest absolute Gasteiger partial charge is 0.0870 e. The van der Waals surface area contributed by atoms with E-state index < -0.39 is 0 Å². The van der Waals surface area contributed by atoms with Crippen molar-refractivity contribution >= 4 is 11.8 Å². The quantitative estimate of drug-likeness (QED) is 0.550. The number of nitrogens with zero attached hydrogens (tertiary/aromatic N) is 2. The third-order valence-electron chi connectivity index (χ3n) is 1.53. The molecule has 0 aliphatic carbocycles. The van der Waals surface area contributed by atoms with Crippen molar-refractivity contribution in [2.75, 3.05) is 11.8 Å². The predicted molar refractivity (Wildman–Crippen MR) is 46.1 cm³/mol. The summed E-state index contributed by atoms with van der Waals surface area (Å²) >= 11 is 1.74. The molecule has 0 spiro atoms. The van der Waals surface area contributed by atoms with Gasteiger partial charge in [-0.3, -0.25) is 9.98 Å². The fraction of sp³-hybridized carbons (Fsp3) is 0.250. The van der Waals surface area contributed by atoms with Crippen LogP contribution in [-0.4, -0.2) is 11.8 Å². The van der Waals surface area contributed by atoms with Crippen molar-refractivity contribution in [3.8, 4) is 0 Å². The molecule has 1 aliphatic heterocycles. The molecule has 0 fully saturated rings. The molecule has 0 N–H and O–H groups in total. The molecule has 1 heterocycles. The second-order valence-corrected chi connectivity index (χ2v) is 3.19. The summed E-state index contributed by atoms with van der Waals surface area (Å²) in [6.07, 6.45) is 0. The molecule has 1 aromatic carbocycles. The van der Waals surface area contributed by atoms with Crippen LogP contribution < -0.4 is 10.7 Å². The topological polar surface area (TPSA) is 24.7 Å². The Balaban J connectivity index is 2.73. The van der Waals surface area contributed by atoms with Crippen molar-refractivity contribution < 1.29 is 0 Å². The maximum absolute atomic E-state index is 4.36. The van der Waals surface area contributed by atoms with Gasteiger partial charge in [0.15, 0.2) is 0 Å². The zero-order valence-corrected chi connectivity index (χ0v) is 6.84. The number of rotatable bonds is 0. The molecule has 0 saturated heterocycles. The number of thioether (sulfide) groups is 1. The summed E-state index contributed by atoms with van der Waals surface area (Å²) in [5.41, 5.74) is 0. The maximum atomic E-state index is 4.36. The van der Waals surface area contributed by atoms with Crippen LogP contribution in [0.3, 0.4) is 0 Å². The summed E-state index contributed by atoms with van der Waals surface area (Å²) in [6.45, 7) is 0. The van der Waals surface area contributed by atoms with E-state index in [0.717, 1.165) is 22.5 Å². The van der Waals surface area contributed by atoms with Crippen molar-refractivity contribution in [2.24, 2.45) is 9.98 Å². The van der Waals surface area contributed by atoms with Gasteiger partial charge in [0, 0.05) is 0 Å². The number of hydrogen-bond donors (Lipinski definition) is 0. The fourth-order valence-electron chi connectivity index (χ4n) is 1.00. The van der Waals surface area contributed by atoms with Crippen LogP contribution in [0.5, 0.6) is 0 Å². The van der Waals surface area contributed by atoms with Gasteiger partial charge in [-0.15, -0.1) is 11.8 Å². The highest BCUT2D eigenvalue weighted by atomic mass is 32.2. The lowest BCUT2D eigenvalue weighted by molar-refractivity contribution is 1.16. The normalized spacial score (nSPS) is 15.6. The van der Waals surface area contributed by atoms with Gasteiger partial charge in [0.2, 0.25) is 0 Å². The Morgan fingerprint density at radius 1 is 1.00 bits per heavy atom. The number of benzene rings is 1. The van der Waals surface area contributed by atoms with Crippen LogP contribution in [0, 0.1) is 0 Å². The molecule has 0 aromatic heterocycles. The van der Waals surface area contributed by atoms with Gasteiger partial charge in [0.05, 0.1) is 22.5 Å². The van der Waals surface area contributed by atoms with E-state index in [1.165, 1.54) is 0 Å². The number of fused-ring (bicyclic) bond motifs is 1. The van der Waals surface area contributed by atoms with Crippen LogP contribution in [0.2, 0.25) is 0 Å². The molecule has 3 heteroatoms. The molecule has 0 unspecified atom stereocenters. The van der Waals surface area contributed by atoms with Crippen LogP contribution in [0.15, 0.2) is 34.3 Å². The second-order valence-electron chi connectivity index (χ2n) is 2.27. The summed E-state index contributed by atoms with van der Waals surface area (Å²) in [5.74, 6) is 1.67. The first-order chi connectivity index (χ1) is 5.47. The van der Waals surface area contributed by atoms with Crippen LogP contribution in [0.4, 0.5) is 0 Å². The molecule has 1 aliphatic rings. The highest BCUT2D eigenvalue weighted by Gasteiger charge is 1.91. The first-order valence-electron chi connectivity index (χ1n) is 3.48. The molecular formula is C8H8N2S. The van der Waals surface area contributed by atoms with E-state index in [-0.39, 0.29) is 0 Å². The van der Waals surface area contributed by atoms with Gasteiger partial charge >= 0.3 is 0 Å².